The first-order valence-corrected chi connectivity index (χ1v) is 16.7. The van der Waals surface area contributed by atoms with Crippen LogP contribution in [0.15, 0.2) is 24.3 Å². The number of benzene rings is 2. The van der Waals surface area contributed by atoms with Gasteiger partial charge in [0, 0.05) is 37.6 Å². The predicted molar refractivity (Wildman–Crippen MR) is 175 cm³/mol. The molecule has 4 aliphatic heterocycles. The lowest BCUT2D eigenvalue weighted by atomic mass is 9.80. The van der Waals surface area contributed by atoms with Gasteiger partial charge in [-0.15, -0.1) is 0 Å². The SMILES string of the molecule is CCc1cc(Cc2cc(CC)c(N(CC3CO3)CC3CO3)c(C(C)(C)C)c2)cc(C(C)(C)C)c1N(CC1CO1)CC1CO1. The molecule has 2 aromatic rings. The molecule has 4 aliphatic rings. The van der Waals surface area contributed by atoms with Crippen molar-refractivity contribution in [1.29, 1.82) is 0 Å². The maximum Gasteiger partial charge on any atom is 0.0984 e. The van der Waals surface area contributed by atoms with E-state index in [0.717, 1.165) is 71.9 Å². The molecular weight excluding hydrogens is 536 g/mol. The average Bonchev–Trinajstić information content (AvgIpc) is 3.75. The molecule has 0 amide bonds. The molecule has 6 rings (SSSR count). The molecule has 0 bridgehead atoms. The lowest BCUT2D eigenvalue weighted by Crippen LogP contribution is -2.35. The van der Waals surface area contributed by atoms with Crippen LogP contribution in [-0.2, 0) is 49.0 Å². The van der Waals surface area contributed by atoms with Crippen molar-refractivity contribution in [2.75, 3.05) is 62.4 Å². The lowest BCUT2D eigenvalue weighted by molar-refractivity contribution is 0.388. The van der Waals surface area contributed by atoms with Crippen LogP contribution in [0.3, 0.4) is 0 Å². The summed E-state index contributed by atoms with van der Waals surface area (Å²) in [5.41, 5.74) is 11.4. The number of hydrogen-bond acceptors (Lipinski definition) is 6. The Hall–Kier alpha value is -2.12. The Bertz CT molecular complexity index is 1170. The Morgan fingerprint density at radius 1 is 0.558 bits per heavy atom. The Balaban J connectivity index is 1.38. The summed E-state index contributed by atoms with van der Waals surface area (Å²) in [4.78, 5) is 5.14. The smallest absolute Gasteiger partial charge is 0.0984 e. The van der Waals surface area contributed by atoms with Crippen LogP contribution in [0.25, 0.3) is 0 Å². The molecule has 0 spiro atoms. The number of anilines is 2. The van der Waals surface area contributed by atoms with Crippen LogP contribution in [0, 0.1) is 0 Å². The first-order valence-electron chi connectivity index (χ1n) is 16.7. The van der Waals surface area contributed by atoms with Crippen LogP contribution in [0.5, 0.6) is 0 Å². The summed E-state index contributed by atoms with van der Waals surface area (Å²) >= 11 is 0. The number of epoxide rings is 4. The molecule has 2 aromatic carbocycles. The molecule has 4 unspecified atom stereocenters. The van der Waals surface area contributed by atoms with E-state index in [1.54, 1.807) is 0 Å². The molecular formula is C37H54N2O4. The largest absolute Gasteiger partial charge is 0.371 e. The summed E-state index contributed by atoms with van der Waals surface area (Å²) in [6, 6.07) is 9.97. The summed E-state index contributed by atoms with van der Waals surface area (Å²) in [5.74, 6) is 0. The van der Waals surface area contributed by atoms with E-state index >= 15 is 0 Å². The number of nitrogens with zero attached hydrogens (tertiary/aromatic N) is 2. The molecule has 0 N–H and O–H groups in total. The van der Waals surface area contributed by atoms with Crippen molar-refractivity contribution < 1.29 is 18.9 Å². The van der Waals surface area contributed by atoms with E-state index in [0.29, 0.717) is 24.4 Å². The normalized spacial score (nSPS) is 24.2. The second-order valence-electron chi connectivity index (χ2n) is 15.3. The summed E-state index contributed by atoms with van der Waals surface area (Å²) in [6.45, 7) is 26.0. The third-order valence-electron chi connectivity index (χ3n) is 9.22. The Kier molecular flexibility index (Phi) is 8.62. The van der Waals surface area contributed by atoms with Crippen molar-refractivity contribution in [2.45, 2.75) is 110 Å². The highest BCUT2D eigenvalue weighted by Gasteiger charge is 2.36. The zero-order valence-electron chi connectivity index (χ0n) is 27.9. The summed E-state index contributed by atoms with van der Waals surface area (Å²) in [7, 11) is 0. The molecule has 4 atom stereocenters. The van der Waals surface area contributed by atoms with Crippen molar-refractivity contribution in [2.24, 2.45) is 0 Å². The van der Waals surface area contributed by atoms with Gasteiger partial charge in [0.05, 0.1) is 50.8 Å². The maximum atomic E-state index is 5.70. The van der Waals surface area contributed by atoms with Gasteiger partial charge in [-0.25, -0.2) is 0 Å². The van der Waals surface area contributed by atoms with Gasteiger partial charge in [-0.2, -0.15) is 0 Å². The van der Waals surface area contributed by atoms with Crippen LogP contribution >= 0.6 is 0 Å². The van der Waals surface area contributed by atoms with Gasteiger partial charge in [-0.05, 0) is 63.5 Å². The third-order valence-corrected chi connectivity index (χ3v) is 9.22. The van der Waals surface area contributed by atoms with E-state index in [4.69, 9.17) is 18.9 Å². The Morgan fingerprint density at radius 3 is 1.09 bits per heavy atom. The fourth-order valence-corrected chi connectivity index (χ4v) is 6.58. The predicted octanol–water partition coefficient (Wildman–Crippen LogP) is 6.21. The number of ether oxygens (including phenoxy) is 4. The Labute approximate surface area is 260 Å². The monoisotopic (exact) mass is 590 g/mol. The van der Waals surface area contributed by atoms with E-state index in [-0.39, 0.29) is 10.8 Å². The Morgan fingerprint density at radius 2 is 0.860 bits per heavy atom. The zero-order valence-corrected chi connectivity index (χ0v) is 27.9. The van der Waals surface area contributed by atoms with Gasteiger partial charge in [0.1, 0.15) is 0 Å². The minimum Gasteiger partial charge on any atom is -0.371 e. The second-order valence-corrected chi connectivity index (χ2v) is 15.3. The molecule has 236 valence electrons. The minimum absolute atomic E-state index is 0.0214. The molecule has 0 aliphatic carbocycles. The molecule has 0 radical (unpaired) electrons. The average molecular weight is 591 g/mol. The van der Waals surface area contributed by atoms with Crippen LogP contribution in [-0.4, -0.2) is 77.0 Å². The first-order chi connectivity index (χ1) is 20.4. The van der Waals surface area contributed by atoms with E-state index in [2.05, 4.69) is 89.5 Å². The topological polar surface area (TPSA) is 56.6 Å². The van der Waals surface area contributed by atoms with Gasteiger partial charge < -0.3 is 28.7 Å². The standard InChI is InChI=1S/C37H54N2O4/c1-9-26-12-24(14-32(36(3,4)5)34(26)38(16-28-20-40-28)17-29-21-41-29)11-25-13-27(10-2)35(33(15-25)37(6,7)8)39(18-30-22-42-30)19-31-23-43-31/h12-15,28-31H,9-11,16-23H2,1-8H3. The number of rotatable bonds is 14. The van der Waals surface area contributed by atoms with Gasteiger partial charge in [-0.1, -0.05) is 79.7 Å². The van der Waals surface area contributed by atoms with Gasteiger partial charge in [0.25, 0.3) is 0 Å². The third kappa shape index (κ3) is 7.76. The first kappa shape index (κ1) is 30.9. The molecule has 6 heteroatoms. The minimum atomic E-state index is 0.0214. The molecule has 0 aromatic heterocycles. The zero-order chi connectivity index (χ0) is 30.5. The van der Waals surface area contributed by atoms with Crippen LogP contribution < -0.4 is 9.80 Å². The highest BCUT2D eigenvalue weighted by atomic mass is 16.6. The van der Waals surface area contributed by atoms with Crippen LogP contribution in [0.4, 0.5) is 11.4 Å². The molecule has 4 saturated heterocycles. The molecule has 43 heavy (non-hydrogen) atoms. The van der Waals surface area contributed by atoms with Crippen molar-refractivity contribution in [1.82, 2.24) is 0 Å². The van der Waals surface area contributed by atoms with Crippen molar-refractivity contribution in [3.8, 4) is 0 Å². The molecule has 4 fully saturated rings. The van der Waals surface area contributed by atoms with E-state index in [9.17, 15) is 0 Å². The highest BCUT2D eigenvalue weighted by Crippen LogP contribution is 2.41. The number of hydrogen-bond donors (Lipinski definition) is 0. The summed E-state index contributed by atoms with van der Waals surface area (Å²) in [6.07, 6.45) is 4.32. The van der Waals surface area contributed by atoms with Gasteiger partial charge in [-0.3, -0.25) is 0 Å². The van der Waals surface area contributed by atoms with Crippen molar-refractivity contribution in [3.05, 3.63) is 57.6 Å². The maximum absolute atomic E-state index is 5.70. The molecule has 0 saturated carbocycles. The fourth-order valence-electron chi connectivity index (χ4n) is 6.58. The highest BCUT2D eigenvalue weighted by molar-refractivity contribution is 5.66. The lowest BCUT2D eigenvalue weighted by Gasteiger charge is -2.34. The summed E-state index contributed by atoms with van der Waals surface area (Å²) in [5, 5.41) is 0. The molecule has 4 heterocycles. The number of aryl methyl sites for hydroxylation is 2. The van der Waals surface area contributed by atoms with E-state index in [1.807, 2.05) is 0 Å². The van der Waals surface area contributed by atoms with Crippen molar-refractivity contribution >= 4 is 11.4 Å². The van der Waals surface area contributed by atoms with Gasteiger partial charge >= 0.3 is 0 Å². The van der Waals surface area contributed by atoms with Gasteiger partial charge in [0.15, 0.2) is 0 Å². The van der Waals surface area contributed by atoms with Crippen LogP contribution in [0.1, 0.15) is 88.8 Å². The van der Waals surface area contributed by atoms with E-state index < -0.39 is 0 Å². The van der Waals surface area contributed by atoms with Crippen molar-refractivity contribution in [3.63, 3.8) is 0 Å². The summed E-state index contributed by atoms with van der Waals surface area (Å²) < 4.78 is 22.8. The van der Waals surface area contributed by atoms with Gasteiger partial charge in [0.2, 0.25) is 0 Å². The quantitative estimate of drug-likeness (QED) is 0.244. The second kappa shape index (κ2) is 12.0. The van der Waals surface area contributed by atoms with E-state index in [1.165, 1.54) is 44.8 Å². The van der Waals surface area contributed by atoms with Crippen LogP contribution in [0.2, 0.25) is 0 Å². The fraction of sp³-hybridized carbons (Fsp3) is 0.676. The molecule has 6 nitrogen and oxygen atoms in total.